The summed E-state index contributed by atoms with van der Waals surface area (Å²) in [6.07, 6.45) is 0. The highest BCUT2D eigenvalue weighted by molar-refractivity contribution is 7.56. The van der Waals surface area contributed by atoms with Crippen LogP contribution in [0.5, 0.6) is 0 Å². The molecule has 0 bridgehead atoms. The van der Waals surface area contributed by atoms with Gasteiger partial charge in [0.2, 0.25) is 11.4 Å². The minimum Gasteiger partial charge on any atom is -0.319 e. The minimum absolute atomic E-state index is 2.39. The summed E-state index contributed by atoms with van der Waals surface area (Å²) in [5.41, 5.74) is -5.34. The first-order valence-corrected chi connectivity index (χ1v) is 5.74. The maximum Gasteiger partial charge on any atom is 0.387 e. The van der Waals surface area contributed by atoms with E-state index in [0.717, 1.165) is 0 Å². The van der Waals surface area contributed by atoms with Gasteiger partial charge in [-0.15, -0.1) is 0 Å². The highest BCUT2D eigenvalue weighted by Crippen LogP contribution is 2.50. The van der Waals surface area contributed by atoms with Crippen LogP contribution >= 0.6 is 7.60 Å². The average molecular weight is 310 g/mol. The maximum atomic E-state index is 13.1. The topological polar surface area (TPSA) is 57.5 Å². The normalized spacial score (nSPS) is 13.5. The van der Waals surface area contributed by atoms with Crippen molar-refractivity contribution in [3.63, 3.8) is 0 Å². The molecule has 0 saturated carbocycles. The van der Waals surface area contributed by atoms with E-state index in [1.807, 2.05) is 0 Å². The predicted octanol–water partition coefficient (Wildman–Crippen LogP) is 3.12. The monoisotopic (exact) mass is 310 g/mol. The molecule has 0 radical (unpaired) electrons. The molecular weight excluding hydrogens is 308 g/mol. The Balaban J connectivity index is 3.76. The van der Waals surface area contributed by atoms with Crippen molar-refractivity contribution in [1.29, 1.82) is 0 Å². The lowest BCUT2D eigenvalue weighted by atomic mass is 10.1. The second kappa shape index (κ2) is 4.95. The molecule has 0 fully saturated rings. The number of hydrogen-bond donors (Lipinski definition) is 2. The number of rotatable bonds is 2. The van der Waals surface area contributed by atoms with Crippen LogP contribution in [0.15, 0.2) is 5.57 Å². The number of hydrogen-bond acceptors (Lipinski definition) is 1. The number of benzene rings is 1. The summed E-state index contributed by atoms with van der Waals surface area (Å²) in [7, 11) is -5.89. The first-order chi connectivity index (χ1) is 8.50. The van der Waals surface area contributed by atoms with Gasteiger partial charge in [0.1, 0.15) is 0 Å². The van der Waals surface area contributed by atoms with E-state index in [1.54, 1.807) is 0 Å². The summed E-state index contributed by atoms with van der Waals surface area (Å²) in [5.74, 6) is -16.2. The van der Waals surface area contributed by atoms with Crippen molar-refractivity contribution in [3.8, 4) is 0 Å². The van der Waals surface area contributed by atoms with Crippen LogP contribution in [-0.2, 0) is 4.57 Å². The van der Waals surface area contributed by atoms with Crippen LogP contribution in [0.25, 0.3) is 5.83 Å². The average Bonchev–Trinajstić information content (AvgIpc) is 2.31. The lowest BCUT2D eigenvalue weighted by Gasteiger charge is -2.08. The fourth-order valence-electron chi connectivity index (χ4n) is 1.03. The Bertz CT molecular complexity index is 592. The van der Waals surface area contributed by atoms with Crippen molar-refractivity contribution in [2.45, 2.75) is 0 Å². The molecule has 0 saturated heterocycles. The Kier molecular flexibility index (Phi) is 4.08. The molecule has 0 aliphatic rings. The van der Waals surface area contributed by atoms with Crippen molar-refractivity contribution < 1.29 is 45.1 Å². The van der Waals surface area contributed by atoms with E-state index in [4.69, 9.17) is 9.79 Å². The van der Waals surface area contributed by atoms with Gasteiger partial charge in [-0.1, -0.05) is 0 Å². The quantitative estimate of drug-likeness (QED) is 0.382. The van der Waals surface area contributed by atoms with Crippen molar-refractivity contribution in [3.05, 3.63) is 40.2 Å². The van der Waals surface area contributed by atoms with Gasteiger partial charge in [0.15, 0.2) is 29.1 Å². The zero-order chi connectivity index (χ0) is 15.1. The van der Waals surface area contributed by atoms with E-state index < -0.39 is 53.6 Å². The molecule has 0 aliphatic heterocycles. The third-order valence-corrected chi connectivity index (χ3v) is 2.57. The molecule has 0 heterocycles. The molecule has 0 aromatic heterocycles. The maximum absolute atomic E-state index is 13.1. The van der Waals surface area contributed by atoms with Crippen LogP contribution in [0.2, 0.25) is 0 Å². The molecule has 106 valence electrons. The lowest BCUT2D eigenvalue weighted by molar-refractivity contribution is 0.364. The molecule has 19 heavy (non-hydrogen) atoms. The SMILES string of the molecule is O=P(O)(O)C(F)=C(F)c1c(F)c(F)c(F)c(F)c1F. The number of halogens is 7. The Labute approximate surface area is 99.7 Å². The van der Waals surface area contributed by atoms with Gasteiger partial charge < -0.3 is 9.79 Å². The van der Waals surface area contributed by atoms with E-state index >= 15 is 0 Å². The van der Waals surface area contributed by atoms with Gasteiger partial charge in [-0.2, -0.15) is 4.39 Å². The van der Waals surface area contributed by atoms with Gasteiger partial charge >= 0.3 is 7.60 Å². The molecule has 0 unspecified atom stereocenters. The van der Waals surface area contributed by atoms with Gasteiger partial charge in [0.25, 0.3) is 0 Å². The minimum atomic E-state index is -5.89. The molecule has 0 aliphatic carbocycles. The molecule has 1 rings (SSSR count). The third-order valence-electron chi connectivity index (χ3n) is 1.87. The second-order valence-corrected chi connectivity index (χ2v) is 4.57. The second-order valence-electron chi connectivity index (χ2n) is 3.09. The summed E-state index contributed by atoms with van der Waals surface area (Å²) in [6.45, 7) is 0. The summed E-state index contributed by atoms with van der Waals surface area (Å²) in [6, 6.07) is 0. The first-order valence-electron chi connectivity index (χ1n) is 4.13. The Morgan fingerprint density at radius 3 is 1.42 bits per heavy atom. The molecule has 0 spiro atoms. The molecule has 1 aromatic carbocycles. The van der Waals surface area contributed by atoms with Gasteiger partial charge in [-0.05, 0) is 0 Å². The molecule has 2 N–H and O–H groups in total. The standard InChI is InChI=1S/C8H2F7O3P/c9-2-1(4(11)8(15)19(16,17)18)3(10)6(13)7(14)5(2)12/h(H2,16,17,18). The summed E-state index contributed by atoms with van der Waals surface area (Å²) in [4.78, 5) is 16.4. The molecule has 1 aromatic rings. The van der Waals surface area contributed by atoms with Crippen LogP contribution in [0.4, 0.5) is 30.7 Å². The first kappa shape index (κ1) is 15.7. The molecule has 0 amide bonds. The lowest BCUT2D eigenvalue weighted by Crippen LogP contribution is -2.06. The smallest absolute Gasteiger partial charge is 0.319 e. The van der Waals surface area contributed by atoms with E-state index in [0.29, 0.717) is 0 Å². The zero-order valence-electron chi connectivity index (χ0n) is 8.40. The Morgan fingerprint density at radius 2 is 1.11 bits per heavy atom. The predicted molar refractivity (Wildman–Crippen MR) is 47.4 cm³/mol. The van der Waals surface area contributed by atoms with Crippen molar-refractivity contribution >= 4 is 13.4 Å². The zero-order valence-corrected chi connectivity index (χ0v) is 9.29. The summed E-state index contributed by atoms with van der Waals surface area (Å²) < 4.78 is 100. The van der Waals surface area contributed by atoms with Crippen molar-refractivity contribution in [2.24, 2.45) is 0 Å². The van der Waals surface area contributed by atoms with Crippen LogP contribution in [-0.4, -0.2) is 9.79 Å². The van der Waals surface area contributed by atoms with Crippen LogP contribution in [0.1, 0.15) is 5.56 Å². The molecular formula is C8H2F7O3P. The Hall–Kier alpha value is -1.38. The Morgan fingerprint density at radius 1 is 0.789 bits per heavy atom. The fourth-order valence-corrected chi connectivity index (χ4v) is 1.40. The van der Waals surface area contributed by atoms with Crippen molar-refractivity contribution in [2.75, 3.05) is 0 Å². The molecule has 0 atom stereocenters. The van der Waals surface area contributed by atoms with Gasteiger partial charge in [0, 0.05) is 0 Å². The molecule has 11 heteroatoms. The largest absolute Gasteiger partial charge is 0.387 e. The highest BCUT2D eigenvalue weighted by Gasteiger charge is 2.34. The van der Waals surface area contributed by atoms with E-state index in [1.165, 1.54) is 0 Å². The van der Waals surface area contributed by atoms with Gasteiger partial charge in [-0.25, -0.2) is 26.3 Å². The summed E-state index contributed by atoms with van der Waals surface area (Å²) in [5, 5.41) is 0. The highest BCUT2D eigenvalue weighted by atomic mass is 31.2. The van der Waals surface area contributed by atoms with Gasteiger partial charge in [0.05, 0.1) is 5.56 Å². The fraction of sp³-hybridized carbons (Fsp3) is 0. The van der Waals surface area contributed by atoms with Crippen LogP contribution < -0.4 is 0 Å². The van der Waals surface area contributed by atoms with Crippen molar-refractivity contribution in [1.82, 2.24) is 0 Å². The van der Waals surface area contributed by atoms with Crippen LogP contribution in [0.3, 0.4) is 0 Å². The third kappa shape index (κ3) is 2.65. The van der Waals surface area contributed by atoms with Crippen LogP contribution in [0, 0.1) is 29.1 Å². The van der Waals surface area contributed by atoms with E-state index in [2.05, 4.69) is 0 Å². The molecule has 3 nitrogen and oxygen atoms in total. The van der Waals surface area contributed by atoms with E-state index in [-0.39, 0.29) is 0 Å². The van der Waals surface area contributed by atoms with Gasteiger partial charge in [-0.3, -0.25) is 4.57 Å². The summed E-state index contributed by atoms with van der Waals surface area (Å²) >= 11 is 0. The van der Waals surface area contributed by atoms with E-state index in [9.17, 15) is 35.3 Å².